The second-order valence-electron chi connectivity index (χ2n) is 6.85. The lowest BCUT2D eigenvalue weighted by Crippen LogP contribution is -2.37. The molecule has 142 valence electrons. The number of hydrogen-bond acceptors (Lipinski definition) is 7. The lowest BCUT2D eigenvalue weighted by molar-refractivity contribution is -0.129. The quantitative estimate of drug-likeness (QED) is 0.605. The highest BCUT2D eigenvalue weighted by Crippen LogP contribution is 2.36. The highest BCUT2D eigenvalue weighted by molar-refractivity contribution is 7.99. The van der Waals surface area contributed by atoms with Gasteiger partial charge >= 0.3 is 0 Å². The van der Waals surface area contributed by atoms with Crippen LogP contribution in [0.5, 0.6) is 0 Å². The third-order valence-electron chi connectivity index (χ3n) is 4.31. The molecular weight excluding hydrogens is 362 g/mol. The zero-order valence-corrected chi connectivity index (χ0v) is 16.4. The first-order chi connectivity index (χ1) is 13.1. The molecule has 9 heteroatoms. The first kappa shape index (κ1) is 19.3. The molecule has 1 heterocycles. The molecule has 0 aliphatic heterocycles. The minimum absolute atomic E-state index is 0.0524. The summed E-state index contributed by atoms with van der Waals surface area (Å²) in [5.74, 6) is 0.355. The number of carbonyl (C=O) groups excluding carboxylic acids is 1. The molecule has 1 aliphatic rings. The fraction of sp³-hybridized carbons (Fsp3) is 0.500. The van der Waals surface area contributed by atoms with E-state index < -0.39 is 0 Å². The number of tetrazole rings is 1. The van der Waals surface area contributed by atoms with Crippen molar-refractivity contribution in [1.29, 1.82) is 5.26 Å². The van der Waals surface area contributed by atoms with Crippen LogP contribution >= 0.6 is 11.8 Å². The van der Waals surface area contributed by atoms with Crippen LogP contribution < -0.4 is 0 Å². The summed E-state index contributed by atoms with van der Waals surface area (Å²) in [5.41, 5.74) is 1.63. The molecule has 2 aromatic rings. The van der Waals surface area contributed by atoms with E-state index >= 15 is 0 Å². The van der Waals surface area contributed by atoms with E-state index in [-0.39, 0.29) is 5.91 Å². The van der Waals surface area contributed by atoms with Gasteiger partial charge in [-0.05, 0) is 55.1 Å². The van der Waals surface area contributed by atoms with E-state index in [2.05, 4.69) is 26.5 Å². The molecular formula is C18H23N7OS. The molecule has 1 amide bonds. The molecule has 0 bridgehead atoms. The monoisotopic (exact) mass is 385 g/mol. The Kier molecular flexibility index (Phi) is 6.42. The van der Waals surface area contributed by atoms with Crippen LogP contribution in [0.15, 0.2) is 29.4 Å². The Morgan fingerprint density at radius 3 is 2.67 bits per heavy atom. The summed E-state index contributed by atoms with van der Waals surface area (Å²) in [7, 11) is 3.98. The average molecular weight is 385 g/mol. The third kappa shape index (κ3) is 5.52. The molecule has 1 saturated carbocycles. The number of benzene rings is 1. The normalized spacial score (nSPS) is 13.6. The van der Waals surface area contributed by atoms with Gasteiger partial charge in [0.15, 0.2) is 0 Å². The Morgan fingerprint density at radius 2 is 2.04 bits per heavy atom. The molecule has 27 heavy (non-hydrogen) atoms. The molecule has 1 aromatic heterocycles. The largest absolute Gasteiger partial charge is 0.336 e. The number of nitrogens with zero attached hydrogens (tertiary/aromatic N) is 7. The fourth-order valence-electron chi connectivity index (χ4n) is 2.56. The van der Waals surface area contributed by atoms with Gasteiger partial charge in [0, 0.05) is 19.6 Å². The predicted molar refractivity (Wildman–Crippen MR) is 102 cm³/mol. The van der Waals surface area contributed by atoms with Gasteiger partial charge in [-0.3, -0.25) is 4.79 Å². The Labute approximate surface area is 163 Å². The Balaban J connectivity index is 1.62. The van der Waals surface area contributed by atoms with Crippen LogP contribution in [0.1, 0.15) is 30.0 Å². The molecule has 3 rings (SSSR count). The van der Waals surface area contributed by atoms with Gasteiger partial charge in [-0.15, -0.1) is 5.10 Å². The van der Waals surface area contributed by atoms with Crippen LogP contribution in [0, 0.1) is 11.3 Å². The van der Waals surface area contributed by atoms with Gasteiger partial charge in [-0.25, -0.2) is 4.68 Å². The smallest absolute Gasteiger partial charge is 0.233 e. The van der Waals surface area contributed by atoms with Crippen molar-refractivity contribution in [1.82, 2.24) is 30.0 Å². The maximum atomic E-state index is 12.8. The number of amides is 1. The predicted octanol–water partition coefficient (Wildman–Crippen LogP) is 1.56. The Bertz CT molecular complexity index is 808. The fourth-order valence-corrected chi connectivity index (χ4v) is 3.41. The number of aromatic nitrogens is 4. The summed E-state index contributed by atoms with van der Waals surface area (Å²) in [6, 6.07) is 9.86. The standard InChI is InChI=1S/C18H23N7OS/c1-23(2)9-10-24(12-15-5-3-14(11-19)4-6-15)17(26)13-27-18-20-21-22-25(18)16-7-8-16/h3-6,16H,7-10,12-13H2,1-2H3. The van der Waals surface area contributed by atoms with E-state index in [1.54, 1.807) is 12.1 Å². The van der Waals surface area contributed by atoms with E-state index in [4.69, 9.17) is 5.26 Å². The molecule has 0 saturated heterocycles. The van der Waals surface area contributed by atoms with Crippen molar-refractivity contribution in [3.05, 3.63) is 35.4 Å². The maximum absolute atomic E-state index is 12.8. The zero-order chi connectivity index (χ0) is 19.2. The molecule has 0 N–H and O–H groups in total. The maximum Gasteiger partial charge on any atom is 0.233 e. The van der Waals surface area contributed by atoms with Crippen LogP contribution in [0.25, 0.3) is 0 Å². The van der Waals surface area contributed by atoms with Crippen molar-refractivity contribution in [2.24, 2.45) is 0 Å². The highest BCUT2D eigenvalue weighted by Gasteiger charge is 2.28. The molecule has 0 unspecified atom stereocenters. The van der Waals surface area contributed by atoms with Gasteiger partial charge in [0.25, 0.3) is 0 Å². The number of carbonyl (C=O) groups is 1. The number of rotatable bonds is 9. The summed E-state index contributed by atoms with van der Waals surface area (Å²) < 4.78 is 1.82. The van der Waals surface area contributed by atoms with E-state index in [9.17, 15) is 4.79 Å². The van der Waals surface area contributed by atoms with Gasteiger partial charge in [0.1, 0.15) is 0 Å². The van der Waals surface area contributed by atoms with Crippen LogP contribution in [-0.4, -0.2) is 68.9 Å². The summed E-state index contributed by atoms with van der Waals surface area (Å²) >= 11 is 1.39. The minimum Gasteiger partial charge on any atom is -0.336 e. The lowest BCUT2D eigenvalue weighted by Gasteiger charge is -2.24. The van der Waals surface area contributed by atoms with E-state index in [0.29, 0.717) is 35.6 Å². The topological polar surface area (TPSA) is 90.9 Å². The lowest BCUT2D eigenvalue weighted by atomic mass is 10.1. The zero-order valence-electron chi connectivity index (χ0n) is 15.6. The first-order valence-electron chi connectivity index (χ1n) is 8.89. The average Bonchev–Trinajstić information content (AvgIpc) is 3.41. The third-order valence-corrected chi connectivity index (χ3v) is 5.22. The van der Waals surface area contributed by atoms with Gasteiger partial charge in [0.2, 0.25) is 11.1 Å². The molecule has 1 fully saturated rings. The van der Waals surface area contributed by atoms with Gasteiger partial charge in [-0.2, -0.15) is 5.26 Å². The Hall–Kier alpha value is -2.44. The van der Waals surface area contributed by atoms with Crippen molar-refractivity contribution >= 4 is 17.7 Å². The van der Waals surface area contributed by atoms with Crippen molar-refractivity contribution in [3.63, 3.8) is 0 Å². The van der Waals surface area contributed by atoms with Crippen molar-refractivity contribution < 1.29 is 4.79 Å². The van der Waals surface area contributed by atoms with Gasteiger partial charge in [-0.1, -0.05) is 23.9 Å². The van der Waals surface area contributed by atoms with E-state index in [1.165, 1.54) is 11.8 Å². The van der Waals surface area contributed by atoms with Crippen molar-refractivity contribution in [2.45, 2.75) is 30.6 Å². The molecule has 8 nitrogen and oxygen atoms in total. The number of nitriles is 1. The molecule has 0 radical (unpaired) electrons. The van der Waals surface area contributed by atoms with Gasteiger partial charge < -0.3 is 9.80 Å². The molecule has 1 aromatic carbocycles. The number of hydrogen-bond donors (Lipinski definition) is 0. The molecule has 0 spiro atoms. The van der Waals surface area contributed by atoms with Crippen LogP contribution in [0.3, 0.4) is 0 Å². The summed E-state index contributed by atoms with van der Waals surface area (Å²) in [6.07, 6.45) is 2.19. The molecule has 1 aliphatic carbocycles. The van der Waals surface area contributed by atoms with Crippen molar-refractivity contribution in [3.8, 4) is 6.07 Å². The second-order valence-corrected chi connectivity index (χ2v) is 7.80. The SMILES string of the molecule is CN(C)CCN(Cc1ccc(C#N)cc1)C(=O)CSc1nnnn1C1CC1. The molecule has 0 atom stereocenters. The second kappa shape index (κ2) is 8.97. The van der Waals surface area contributed by atoms with E-state index in [1.807, 2.05) is 35.8 Å². The van der Waals surface area contributed by atoms with Crippen LogP contribution in [0.4, 0.5) is 0 Å². The van der Waals surface area contributed by atoms with Crippen LogP contribution in [-0.2, 0) is 11.3 Å². The summed E-state index contributed by atoms with van der Waals surface area (Å²) in [4.78, 5) is 16.7. The van der Waals surface area contributed by atoms with Crippen molar-refractivity contribution in [2.75, 3.05) is 32.9 Å². The Morgan fingerprint density at radius 1 is 1.30 bits per heavy atom. The minimum atomic E-state index is 0.0524. The summed E-state index contributed by atoms with van der Waals surface area (Å²) in [6.45, 7) is 1.94. The summed E-state index contributed by atoms with van der Waals surface area (Å²) in [5, 5.41) is 21.4. The number of thioether (sulfide) groups is 1. The van der Waals surface area contributed by atoms with Crippen LogP contribution in [0.2, 0.25) is 0 Å². The first-order valence-corrected chi connectivity index (χ1v) is 9.87. The number of likely N-dealkylation sites (N-methyl/N-ethyl adjacent to an activating group) is 1. The highest BCUT2D eigenvalue weighted by atomic mass is 32.2. The van der Waals surface area contributed by atoms with E-state index in [0.717, 1.165) is 24.9 Å². The van der Waals surface area contributed by atoms with Gasteiger partial charge in [0.05, 0.1) is 23.4 Å².